The molecule has 19 heavy (non-hydrogen) atoms. The number of benzene rings is 1. The molecular formula is C16H25NO2. The molecule has 1 aromatic carbocycles. The van der Waals surface area contributed by atoms with Gasteiger partial charge in [-0.3, -0.25) is 0 Å². The third-order valence-corrected chi connectivity index (χ3v) is 4.42. The van der Waals surface area contributed by atoms with Gasteiger partial charge in [0.1, 0.15) is 0 Å². The molecule has 1 heterocycles. The first-order chi connectivity index (χ1) is 9.04. The fraction of sp³-hybridized carbons (Fsp3) is 0.625. The predicted octanol–water partition coefficient (Wildman–Crippen LogP) is 2.08. The van der Waals surface area contributed by atoms with Crippen LogP contribution in [0.15, 0.2) is 30.3 Å². The van der Waals surface area contributed by atoms with Crippen molar-refractivity contribution in [3.05, 3.63) is 35.9 Å². The van der Waals surface area contributed by atoms with Crippen LogP contribution >= 0.6 is 0 Å². The summed E-state index contributed by atoms with van der Waals surface area (Å²) in [6, 6.07) is 10.5. The zero-order valence-electron chi connectivity index (χ0n) is 11.9. The largest absolute Gasteiger partial charge is 0.396 e. The second-order valence-electron chi connectivity index (χ2n) is 6.17. The number of ether oxygens (including phenoxy) is 1. The van der Waals surface area contributed by atoms with E-state index < -0.39 is 0 Å². The SMILES string of the molecule is CC1(C)C[C@](c2ccccc2)([C@H](CN)CO)CCO1. The Balaban J connectivity index is 2.44. The molecule has 2 rings (SSSR count). The molecule has 0 bridgehead atoms. The van der Waals surface area contributed by atoms with Crippen molar-refractivity contribution in [2.75, 3.05) is 19.8 Å². The second kappa shape index (κ2) is 5.61. The van der Waals surface area contributed by atoms with Crippen LogP contribution in [0.2, 0.25) is 0 Å². The Bertz CT molecular complexity index is 400. The minimum Gasteiger partial charge on any atom is -0.396 e. The molecule has 2 atom stereocenters. The summed E-state index contributed by atoms with van der Waals surface area (Å²) < 4.78 is 5.86. The van der Waals surface area contributed by atoms with Gasteiger partial charge in [-0.25, -0.2) is 0 Å². The van der Waals surface area contributed by atoms with E-state index in [1.165, 1.54) is 5.56 Å². The maximum absolute atomic E-state index is 9.75. The second-order valence-corrected chi connectivity index (χ2v) is 6.17. The molecule has 3 nitrogen and oxygen atoms in total. The molecule has 0 amide bonds. The Morgan fingerprint density at radius 2 is 2.00 bits per heavy atom. The summed E-state index contributed by atoms with van der Waals surface area (Å²) in [4.78, 5) is 0. The maximum atomic E-state index is 9.75. The molecular weight excluding hydrogens is 238 g/mol. The van der Waals surface area contributed by atoms with Crippen LogP contribution in [0.1, 0.15) is 32.3 Å². The van der Waals surface area contributed by atoms with Crippen LogP contribution in [0.5, 0.6) is 0 Å². The lowest BCUT2D eigenvalue weighted by atomic mass is 9.62. The highest BCUT2D eigenvalue weighted by molar-refractivity contribution is 5.28. The summed E-state index contributed by atoms with van der Waals surface area (Å²) in [5.41, 5.74) is 6.95. The van der Waals surface area contributed by atoms with E-state index in [4.69, 9.17) is 10.5 Å². The van der Waals surface area contributed by atoms with Crippen molar-refractivity contribution in [1.82, 2.24) is 0 Å². The molecule has 1 aliphatic rings. The van der Waals surface area contributed by atoms with Crippen LogP contribution in [0, 0.1) is 5.92 Å². The van der Waals surface area contributed by atoms with Gasteiger partial charge in [0.05, 0.1) is 5.60 Å². The highest BCUT2D eigenvalue weighted by Gasteiger charge is 2.46. The summed E-state index contributed by atoms with van der Waals surface area (Å²) in [5.74, 6) is 0.0816. The van der Waals surface area contributed by atoms with Gasteiger partial charge in [0, 0.05) is 24.5 Å². The van der Waals surface area contributed by atoms with Crippen molar-refractivity contribution < 1.29 is 9.84 Å². The van der Waals surface area contributed by atoms with Gasteiger partial charge in [-0.2, -0.15) is 0 Å². The Hall–Kier alpha value is -0.900. The van der Waals surface area contributed by atoms with Crippen LogP contribution in [-0.2, 0) is 10.2 Å². The smallest absolute Gasteiger partial charge is 0.0635 e. The van der Waals surface area contributed by atoms with Gasteiger partial charge in [0.2, 0.25) is 0 Å². The number of nitrogens with two attached hydrogens (primary N) is 1. The molecule has 0 spiro atoms. The molecule has 1 saturated heterocycles. The lowest BCUT2D eigenvalue weighted by Gasteiger charge is -2.49. The van der Waals surface area contributed by atoms with Crippen molar-refractivity contribution in [2.24, 2.45) is 11.7 Å². The molecule has 0 unspecified atom stereocenters. The van der Waals surface area contributed by atoms with E-state index in [-0.39, 0.29) is 23.5 Å². The van der Waals surface area contributed by atoms with Gasteiger partial charge >= 0.3 is 0 Å². The van der Waals surface area contributed by atoms with E-state index in [2.05, 4.69) is 38.1 Å². The van der Waals surface area contributed by atoms with Gasteiger partial charge in [0.25, 0.3) is 0 Å². The van der Waals surface area contributed by atoms with Crippen molar-refractivity contribution in [2.45, 2.75) is 37.7 Å². The molecule has 0 saturated carbocycles. The number of rotatable bonds is 4. The van der Waals surface area contributed by atoms with E-state index in [0.717, 1.165) is 19.4 Å². The van der Waals surface area contributed by atoms with Crippen LogP contribution in [0.25, 0.3) is 0 Å². The zero-order chi connectivity index (χ0) is 13.9. The van der Waals surface area contributed by atoms with E-state index in [9.17, 15) is 5.11 Å². The molecule has 3 N–H and O–H groups in total. The summed E-state index contributed by atoms with van der Waals surface area (Å²) in [6.07, 6.45) is 1.81. The minimum absolute atomic E-state index is 0.0769. The standard InChI is InChI=1S/C16H25NO2/c1-15(2)12-16(8-9-19-15,14(10-17)11-18)13-6-4-3-5-7-13/h3-7,14,18H,8-12,17H2,1-2H3/t14-,16-/m1/s1. The van der Waals surface area contributed by atoms with Crippen LogP contribution in [0.4, 0.5) is 0 Å². The first kappa shape index (κ1) is 14.5. The van der Waals surface area contributed by atoms with Crippen LogP contribution in [0.3, 0.4) is 0 Å². The fourth-order valence-corrected chi connectivity index (χ4v) is 3.48. The van der Waals surface area contributed by atoms with Gasteiger partial charge in [0.15, 0.2) is 0 Å². The average Bonchev–Trinajstić information content (AvgIpc) is 2.40. The maximum Gasteiger partial charge on any atom is 0.0635 e. The Morgan fingerprint density at radius 1 is 1.32 bits per heavy atom. The molecule has 0 radical (unpaired) electrons. The first-order valence-corrected chi connectivity index (χ1v) is 7.04. The third-order valence-electron chi connectivity index (χ3n) is 4.42. The minimum atomic E-state index is -0.170. The lowest BCUT2D eigenvalue weighted by molar-refractivity contribution is -0.0983. The van der Waals surface area contributed by atoms with Crippen molar-refractivity contribution in [3.8, 4) is 0 Å². The Morgan fingerprint density at radius 3 is 2.53 bits per heavy atom. The van der Waals surface area contributed by atoms with Gasteiger partial charge < -0.3 is 15.6 Å². The first-order valence-electron chi connectivity index (χ1n) is 7.04. The molecule has 106 valence electrons. The molecule has 1 aliphatic heterocycles. The molecule has 1 aromatic rings. The monoisotopic (exact) mass is 263 g/mol. The summed E-state index contributed by atoms with van der Waals surface area (Å²) in [6.45, 7) is 5.59. The van der Waals surface area contributed by atoms with E-state index in [1.54, 1.807) is 0 Å². The quantitative estimate of drug-likeness (QED) is 0.874. The molecule has 3 heteroatoms. The molecule has 0 aliphatic carbocycles. The third kappa shape index (κ3) is 2.83. The van der Waals surface area contributed by atoms with Gasteiger partial charge in [-0.15, -0.1) is 0 Å². The van der Waals surface area contributed by atoms with Crippen molar-refractivity contribution >= 4 is 0 Å². The Labute approximate surface area is 115 Å². The number of aliphatic hydroxyl groups excluding tert-OH is 1. The van der Waals surface area contributed by atoms with E-state index >= 15 is 0 Å². The van der Waals surface area contributed by atoms with E-state index in [0.29, 0.717) is 6.54 Å². The van der Waals surface area contributed by atoms with Crippen molar-refractivity contribution in [1.29, 1.82) is 0 Å². The predicted molar refractivity (Wildman–Crippen MR) is 77.0 cm³/mol. The highest BCUT2D eigenvalue weighted by atomic mass is 16.5. The summed E-state index contributed by atoms with van der Waals surface area (Å²) in [7, 11) is 0. The lowest BCUT2D eigenvalue weighted by Crippen LogP contribution is -2.51. The molecule has 1 fully saturated rings. The normalized spacial score (nSPS) is 28.0. The fourth-order valence-electron chi connectivity index (χ4n) is 3.48. The van der Waals surface area contributed by atoms with Crippen LogP contribution in [-0.4, -0.2) is 30.5 Å². The Kier molecular flexibility index (Phi) is 4.29. The number of hydrogen-bond acceptors (Lipinski definition) is 3. The van der Waals surface area contributed by atoms with Crippen molar-refractivity contribution in [3.63, 3.8) is 0 Å². The van der Waals surface area contributed by atoms with E-state index in [1.807, 2.05) is 6.07 Å². The van der Waals surface area contributed by atoms with Crippen LogP contribution < -0.4 is 5.73 Å². The highest BCUT2D eigenvalue weighted by Crippen LogP contribution is 2.46. The number of hydrogen-bond donors (Lipinski definition) is 2. The topological polar surface area (TPSA) is 55.5 Å². The summed E-state index contributed by atoms with van der Waals surface area (Å²) in [5, 5.41) is 9.75. The average molecular weight is 263 g/mol. The molecule has 0 aromatic heterocycles. The summed E-state index contributed by atoms with van der Waals surface area (Å²) >= 11 is 0. The van der Waals surface area contributed by atoms with Gasteiger partial charge in [-0.1, -0.05) is 30.3 Å². The van der Waals surface area contributed by atoms with Gasteiger partial charge in [-0.05, 0) is 38.8 Å². The number of aliphatic hydroxyl groups is 1. The zero-order valence-corrected chi connectivity index (χ0v) is 11.9.